The fourth-order valence-electron chi connectivity index (χ4n) is 4.22. The largest absolute Gasteiger partial charge is 0.356 e. The third-order valence-electron chi connectivity index (χ3n) is 5.80. The summed E-state index contributed by atoms with van der Waals surface area (Å²) >= 11 is 6.00. The molecule has 3 aliphatic heterocycles. The standard InChI is InChI=1S/C22H19ClN4O3/c1-22(12-19(28)24-18-4-2-3-10-27(18)22)21(29)26-11-9-17-16(13-26)20(30-25-17)14-5-7-15(23)8-6-14/h2-8,10H,9,11-13H2,1H3. The van der Waals surface area contributed by atoms with Gasteiger partial charge in [0, 0.05) is 35.3 Å². The van der Waals surface area contributed by atoms with Crippen molar-refractivity contribution in [2.75, 3.05) is 6.54 Å². The van der Waals surface area contributed by atoms with Crippen LogP contribution in [0.2, 0.25) is 5.02 Å². The maximum Gasteiger partial charge on any atom is 0.250 e. The Morgan fingerprint density at radius 2 is 2.03 bits per heavy atom. The fraction of sp³-hybridized carbons (Fsp3) is 0.273. The number of amides is 2. The van der Waals surface area contributed by atoms with Crippen molar-refractivity contribution in [2.24, 2.45) is 4.99 Å². The first kappa shape index (κ1) is 18.8. The highest BCUT2D eigenvalue weighted by Crippen LogP contribution is 2.35. The summed E-state index contributed by atoms with van der Waals surface area (Å²) in [5.74, 6) is 0.736. The first-order chi connectivity index (χ1) is 14.5. The molecule has 8 heteroatoms. The molecule has 0 saturated heterocycles. The van der Waals surface area contributed by atoms with Crippen molar-refractivity contribution >= 4 is 29.3 Å². The van der Waals surface area contributed by atoms with Gasteiger partial charge in [0.05, 0.1) is 18.7 Å². The lowest BCUT2D eigenvalue weighted by Gasteiger charge is -2.44. The van der Waals surface area contributed by atoms with Crippen molar-refractivity contribution in [2.45, 2.75) is 31.8 Å². The molecule has 0 saturated carbocycles. The van der Waals surface area contributed by atoms with Crippen LogP contribution in [0.4, 0.5) is 0 Å². The van der Waals surface area contributed by atoms with E-state index < -0.39 is 5.54 Å². The molecule has 0 N–H and O–H groups in total. The highest BCUT2D eigenvalue weighted by Gasteiger charge is 2.47. The third kappa shape index (κ3) is 2.97. The highest BCUT2D eigenvalue weighted by atomic mass is 35.5. The normalized spacial score (nSPS) is 22.6. The number of rotatable bonds is 2. The molecule has 30 heavy (non-hydrogen) atoms. The number of aliphatic imine (C=N–C) groups is 1. The molecule has 5 rings (SSSR count). The van der Waals surface area contributed by atoms with Gasteiger partial charge in [-0.15, -0.1) is 0 Å². The SMILES string of the molecule is CC1(C(=O)N2CCc3noc(-c4ccc(Cl)cc4)c3C2)CC(=O)N=C2C=CC=CN21. The number of carbonyl (C=O) groups is 2. The van der Waals surface area contributed by atoms with Crippen molar-refractivity contribution in [3.05, 3.63) is 65.0 Å². The van der Waals surface area contributed by atoms with Gasteiger partial charge in [0.2, 0.25) is 5.91 Å². The predicted molar refractivity (Wildman–Crippen MR) is 112 cm³/mol. The molecular formula is C22H19ClN4O3. The van der Waals surface area contributed by atoms with Gasteiger partial charge in [-0.2, -0.15) is 4.99 Å². The number of amidine groups is 1. The Balaban J connectivity index is 1.45. The zero-order chi connectivity index (χ0) is 20.9. The van der Waals surface area contributed by atoms with E-state index in [4.69, 9.17) is 16.1 Å². The van der Waals surface area contributed by atoms with E-state index in [1.54, 1.807) is 41.1 Å². The highest BCUT2D eigenvalue weighted by molar-refractivity contribution is 6.30. The number of nitrogens with zero attached hydrogens (tertiary/aromatic N) is 4. The summed E-state index contributed by atoms with van der Waals surface area (Å²) < 4.78 is 5.61. The number of allylic oxidation sites excluding steroid dienone is 2. The van der Waals surface area contributed by atoms with Crippen LogP contribution in [0.3, 0.4) is 0 Å². The average Bonchev–Trinajstić information content (AvgIpc) is 3.17. The molecule has 4 heterocycles. The summed E-state index contributed by atoms with van der Waals surface area (Å²) in [5, 5.41) is 4.85. The van der Waals surface area contributed by atoms with Crippen LogP contribution in [0, 0.1) is 0 Å². The number of carbonyl (C=O) groups excluding carboxylic acids is 2. The second kappa shape index (κ2) is 6.95. The quantitative estimate of drug-likeness (QED) is 0.741. The van der Waals surface area contributed by atoms with Crippen molar-refractivity contribution < 1.29 is 14.1 Å². The van der Waals surface area contributed by atoms with Crippen molar-refractivity contribution in [3.8, 4) is 11.3 Å². The number of aromatic nitrogens is 1. The second-order valence-corrected chi connectivity index (χ2v) is 8.24. The van der Waals surface area contributed by atoms with Gasteiger partial charge in [0.25, 0.3) is 5.91 Å². The van der Waals surface area contributed by atoms with Crippen molar-refractivity contribution in [3.63, 3.8) is 0 Å². The van der Waals surface area contributed by atoms with E-state index in [1.165, 1.54) is 0 Å². The molecule has 2 aromatic rings. The molecule has 0 bridgehead atoms. The Morgan fingerprint density at radius 1 is 1.23 bits per heavy atom. The summed E-state index contributed by atoms with van der Waals surface area (Å²) in [7, 11) is 0. The number of halogens is 1. The Labute approximate surface area is 178 Å². The minimum absolute atomic E-state index is 0.0323. The van der Waals surface area contributed by atoms with Gasteiger partial charge in [0.15, 0.2) is 5.76 Å². The van der Waals surface area contributed by atoms with Gasteiger partial charge >= 0.3 is 0 Å². The summed E-state index contributed by atoms with van der Waals surface area (Å²) in [6.45, 7) is 2.69. The first-order valence-corrected chi connectivity index (χ1v) is 10.1. The summed E-state index contributed by atoms with van der Waals surface area (Å²) in [6.07, 6.45) is 7.82. The zero-order valence-electron chi connectivity index (χ0n) is 16.3. The fourth-order valence-corrected chi connectivity index (χ4v) is 4.35. The third-order valence-corrected chi connectivity index (χ3v) is 6.05. The molecule has 152 valence electrons. The Bertz CT molecular complexity index is 1130. The van der Waals surface area contributed by atoms with E-state index in [0.717, 1.165) is 16.8 Å². The monoisotopic (exact) mass is 422 g/mol. The molecule has 1 unspecified atom stereocenters. The lowest BCUT2D eigenvalue weighted by atomic mass is 9.89. The summed E-state index contributed by atoms with van der Waals surface area (Å²) in [5.41, 5.74) is 1.59. The molecular weight excluding hydrogens is 404 g/mol. The van der Waals surface area contributed by atoms with Crippen LogP contribution >= 0.6 is 11.6 Å². The number of fused-ring (bicyclic) bond motifs is 2. The van der Waals surface area contributed by atoms with Crippen LogP contribution < -0.4 is 0 Å². The number of benzene rings is 1. The first-order valence-electron chi connectivity index (χ1n) is 9.74. The smallest absolute Gasteiger partial charge is 0.250 e. The van der Waals surface area contributed by atoms with E-state index in [-0.39, 0.29) is 18.2 Å². The van der Waals surface area contributed by atoms with Crippen LogP contribution in [0.1, 0.15) is 24.6 Å². The molecule has 2 amide bonds. The van der Waals surface area contributed by atoms with Gasteiger partial charge in [-0.25, -0.2) is 0 Å². The van der Waals surface area contributed by atoms with Crippen LogP contribution in [-0.2, 0) is 22.6 Å². The molecule has 1 aromatic heterocycles. The van der Waals surface area contributed by atoms with Gasteiger partial charge in [-0.3, -0.25) is 9.59 Å². The van der Waals surface area contributed by atoms with E-state index in [2.05, 4.69) is 10.1 Å². The van der Waals surface area contributed by atoms with Gasteiger partial charge in [-0.05, 0) is 43.3 Å². The minimum atomic E-state index is -1.02. The maximum absolute atomic E-state index is 13.7. The molecule has 7 nitrogen and oxygen atoms in total. The van der Waals surface area contributed by atoms with Crippen LogP contribution in [0.15, 0.2) is 58.2 Å². The lowest BCUT2D eigenvalue weighted by Crippen LogP contribution is -2.61. The molecule has 0 fully saturated rings. The number of hydrogen-bond acceptors (Lipinski definition) is 5. The van der Waals surface area contributed by atoms with Gasteiger partial charge in [-0.1, -0.05) is 22.8 Å². The van der Waals surface area contributed by atoms with E-state index in [9.17, 15) is 9.59 Å². The minimum Gasteiger partial charge on any atom is -0.356 e. The van der Waals surface area contributed by atoms with E-state index >= 15 is 0 Å². The van der Waals surface area contributed by atoms with Gasteiger partial charge in [0.1, 0.15) is 11.4 Å². The average molecular weight is 423 g/mol. The predicted octanol–water partition coefficient (Wildman–Crippen LogP) is 3.35. The van der Waals surface area contributed by atoms with E-state index in [1.807, 2.05) is 24.3 Å². The Hall–Kier alpha value is -3.19. The molecule has 0 spiro atoms. The molecule has 3 aliphatic rings. The molecule has 1 atom stereocenters. The summed E-state index contributed by atoms with van der Waals surface area (Å²) in [4.78, 5) is 33.6. The van der Waals surface area contributed by atoms with Crippen LogP contribution in [0.5, 0.6) is 0 Å². The topological polar surface area (TPSA) is 79.0 Å². The molecule has 0 aliphatic carbocycles. The van der Waals surface area contributed by atoms with Crippen LogP contribution in [-0.4, -0.2) is 44.7 Å². The Morgan fingerprint density at radius 3 is 2.83 bits per heavy atom. The van der Waals surface area contributed by atoms with E-state index in [0.29, 0.717) is 36.1 Å². The molecule has 1 aromatic carbocycles. The van der Waals surface area contributed by atoms with Crippen molar-refractivity contribution in [1.82, 2.24) is 15.0 Å². The zero-order valence-corrected chi connectivity index (χ0v) is 17.1. The van der Waals surface area contributed by atoms with Crippen molar-refractivity contribution in [1.29, 1.82) is 0 Å². The summed E-state index contributed by atoms with van der Waals surface area (Å²) in [6, 6.07) is 7.34. The van der Waals surface area contributed by atoms with Crippen LogP contribution in [0.25, 0.3) is 11.3 Å². The van der Waals surface area contributed by atoms with Gasteiger partial charge < -0.3 is 14.3 Å². The number of hydrogen-bond donors (Lipinski definition) is 0. The molecule has 0 radical (unpaired) electrons. The maximum atomic E-state index is 13.7. The lowest BCUT2D eigenvalue weighted by molar-refractivity contribution is -0.144. The second-order valence-electron chi connectivity index (χ2n) is 7.81. The Kier molecular flexibility index (Phi) is 4.36.